The van der Waals surface area contributed by atoms with Crippen molar-refractivity contribution in [2.24, 2.45) is 0 Å². The Morgan fingerprint density at radius 1 is 1.07 bits per heavy atom. The van der Waals surface area contributed by atoms with E-state index in [-0.39, 0.29) is 5.75 Å². The molecule has 0 bridgehead atoms. The van der Waals surface area contributed by atoms with Crippen molar-refractivity contribution in [2.75, 3.05) is 0 Å². The molecular formula is C13H11FO. The van der Waals surface area contributed by atoms with Crippen molar-refractivity contribution in [1.82, 2.24) is 0 Å². The minimum Gasteiger partial charge on any atom is -0.505 e. The molecule has 2 aromatic carbocycles. The van der Waals surface area contributed by atoms with Gasteiger partial charge in [-0.1, -0.05) is 30.3 Å². The number of hydrogen-bond donors (Lipinski definition) is 1. The zero-order valence-electron chi connectivity index (χ0n) is 8.37. The minimum absolute atomic E-state index is 0.313. The first-order valence-electron chi connectivity index (χ1n) is 4.73. The van der Waals surface area contributed by atoms with Gasteiger partial charge in [-0.05, 0) is 35.7 Å². The number of benzene rings is 2. The maximum Gasteiger partial charge on any atom is 0.165 e. The molecule has 2 aromatic rings. The fourth-order valence-corrected chi connectivity index (χ4v) is 1.57. The van der Waals surface area contributed by atoms with Crippen LogP contribution in [0, 0.1) is 12.7 Å². The van der Waals surface area contributed by atoms with Crippen LogP contribution in [0.5, 0.6) is 5.75 Å². The Morgan fingerprint density at radius 2 is 1.80 bits per heavy atom. The van der Waals surface area contributed by atoms with Crippen LogP contribution in [0.1, 0.15) is 5.56 Å². The van der Waals surface area contributed by atoms with Crippen LogP contribution in [0.25, 0.3) is 11.1 Å². The lowest BCUT2D eigenvalue weighted by Crippen LogP contribution is -1.84. The number of halogens is 1. The monoisotopic (exact) mass is 202 g/mol. The highest BCUT2D eigenvalue weighted by Gasteiger charge is 2.04. The van der Waals surface area contributed by atoms with E-state index in [1.807, 2.05) is 31.2 Å². The molecule has 0 saturated heterocycles. The lowest BCUT2D eigenvalue weighted by atomic mass is 10.0. The highest BCUT2D eigenvalue weighted by Crippen LogP contribution is 2.26. The molecule has 0 heterocycles. The van der Waals surface area contributed by atoms with Crippen molar-refractivity contribution in [3.63, 3.8) is 0 Å². The van der Waals surface area contributed by atoms with Gasteiger partial charge in [0.25, 0.3) is 0 Å². The van der Waals surface area contributed by atoms with Gasteiger partial charge in [0.05, 0.1) is 0 Å². The van der Waals surface area contributed by atoms with Crippen molar-refractivity contribution in [3.05, 3.63) is 53.8 Å². The smallest absolute Gasteiger partial charge is 0.165 e. The molecular weight excluding hydrogens is 191 g/mol. The van der Waals surface area contributed by atoms with Crippen LogP contribution in [0.4, 0.5) is 4.39 Å². The second kappa shape index (κ2) is 3.73. The molecule has 0 radical (unpaired) electrons. The number of phenolic OH excluding ortho intramolecular Hbond substituents is 1. The van der Waals surface area contributed by atoms with E-state index in [9.17, 15) is 4.39 Å². The SMILES string of the molecule is Cc1ccccc1-c1ccc(O)c(F)c1. The van der Waals surface area contributed by atoms with Crippen LogP contribution < -0.4 is 0 Å². The third-order valence-corrected chi connectivity index (χ3v) is 2.40. The van der Waals surface area contributed by atoms with Crippen LogP contribution in [-0.2, 0) is 0 Å². The summed E-state index contributed by atoms with van der Waals surface area (Å²) in [5.74, 6) is -0.900. The molecule has 2 rings (SSSR count). The fraction of sp³-hybridized carbons (Fsp3) is 0.0769. The summed E-state index contributed by atoms with van der Waals surface area (Å²) in [6.07, 6.45) is 0. The van der Waals surface area contributed by atoms with Crippen LogP contribution in [0.3, 0.4) is 0 Å². The average Bonchev–Trinajstić information content (AvgIpc) is 2.23. The summed E-state index contributed by atoms with van der Waals surface area (Å²) in [6.45, 7) is 1.97. The van der Waals surface area contributed by atoms with Gasteiger partial charge in [-0.25, -0.2) is 4.39 Å². The van der Waals surface area contributed by atoms with Gasteiger partial charge in [0.1, 0.15) is 0 Å². The molecule has 1 nitrogen and oxygen atoms in total. The Hall–Kier alpha value is -1.83. The van der Waals surface area contributed by atoms with Crippen LogP contribution in [0.15, 0.2) is 42.5 Å². The van der Waals surface area contributed by atoms with E-state index in [1.54, 1.807) is 6.07 Å². The van der Waals surface area contributed by atoms with E-state index in [0.717, 1.165) is 16.7 Å². The number of rotatable bonds is 1. The first-order chi connectivity index (χ1) is 7.18. The Morgan fingerprint density at radius 3 is 2.47 bits per heavy atom. The summed E-state index contributed by atoms with van der Waals surface area (Å²) < 4.78 is 13.1. The average molecular weight is 202 g/mol. The molecule has 1 N–H and O–H groups in total. The van der Waals surface area contributed by atoms with E-state index in [0.29, 0.717) is 0 Å². The molecule has 2 heteroatoms. The van der Waals surface area contributed by atoms with Gasteiger partial charge in [-0.15, -0.1) is 0 Å². The lowest BCUT2D eigenvalue weighted by molar-refractivity contribution is 0.432. The molecule has 15 heavy (non-hydrogen) atoms. The first-order valence-corrected chi connectivity index (χ1v) is 4.73. The Bertz CT molecular complexity index is 492. The number of aromatic hydroxyl groups is 1. The predicted molar refractivity (Wildman–Crippen MR) is 58.2 cm³/mol. The molecule has 0 unspecified atom stereocenters. The second-order valence-corrected chi connectivity index (χ2v) is 3.48. The normalized spacial score (nSPS) is 10.3. The molecule has 0 aliphatic carbocycles. The van der Waals surface area contributed by atoms with Gasteiger partial charge >= 0.3 is 0 Å². The molecule has 0 aromatic heterocycles. The largest absolute Gasteiger partial charge is 0.505 e. The van der Waals surface area contributed by atoms with Gasteiger partial charge in [0, 0.05) is 0 Å². The Balaban J connectivity index is 2.55. The standard InChI is InChI=1S/C13H11FO/c1-9-4-2-3-5-11(9)10-6-7-13(15)12(14)8-10/h2-8,15H,1H3. The lowest BCUT2D eigenvalue weighted by Gasteiger charge is -2.06. The highest BCUT2D eigenvalue weighted by molar-refractivity contribution is 5.67. The molecule has 0 aliphatic rings. The summed E-state index contributed by atoms with van der Waals surface area (Å²) in [5.41, 5.74) is 2.85. The van der Waals surface area contributed by atoms with E-state index in [1.165, 1.54) is 12.1 Å². The number of phenols is 1. The van der Waals surface area contributed by atoms with Gasteiger partial charge in [0.2, 0.25) is 0 Å². The quantitative estimate of drug-likeness (QED) is 0.750. The zero-order valence-corrected chi connectivity index (χ0v) is 8.37. The van der Waals surface area contributed by atoms with E-state index < -0.39 is 5.82 Å². The maximum absolute atomic E-state index is 13.1. The maximum atomic E-state index is 13.1. The molecule has 0 spiro atoms. The van der Waals surface area contributed by atoms with E-state index in [4.69, 9.17) is 5.11 Å². The van der Waals surface area contributed by atoms with Crippen molar-refractivity contribution in [2.45, 2.75) is 6.92 Å². The summed E-state index contributed by atoms with van der Waals surface area (Å²) >= 11 is 0. The molecule has 0 aliphatic heterocycles. The predicted octanol–water partition coefficient (Wildman–Crippen LogP) is 3.51. The summed E-state index contributed by atoms with van der Waals surface area (Å²) in [7, 11) is 0. The molecule has 0 fully saturated rings. The van der Waals surface area contributed by atoms with Gasteiger partial charge < -0.3 is 5.11 Å². The number of aryl methyl sites for hydroxylation is 1. The third-order valence-electron chi connectivity index (χ3n) is 2.40. The molecule has 0 atom stereocenters. The van der Waals surface area contributed by atoms with Gasteiger partial charge in [-0.2, -0.15) is 0 Å². The van der Waals surface area contributed by atoms with Crippen molar-refractivity contribution in [1.29, 1.82) is 0 Å². The molecule has 0 saturated carbocycles. The van der Waals surface area contributed by atoms with Crippen molar-refractivity contribution < 1.29 is 9.50 Å². The van der Waals surface area contributed by atoms with Gasteiger partial charge in [0.15, 0.2) is 11.6 Å². The Labute approximate surface area is 87.8 Å². The van der Waals surface area contributed by atoms with E-state index in [2.05, 4.69) is 0 Å². The topological polar surface area (TPSA) is 20.2 Å². The first kappa shape index (κ1) is 9.71. The molecule has 76 valence electrons. The minimum atomic E-state index is -0.587. The van der Waals surface area contributed by atoms with Gasteiger partial charge in [-0.3, -0.25) is 0 Å². The summed E-state index contributed by atoms with van der Waals surface area (Å²) in [6, 6.07) is 12.2. The second-order valence-electron chi connectivity index (χ2n) is 3.48. The van der Waals surface area contributed by atoms with Crippen LogP contribution in [-0.4, -0.2) is 5.11 Å². The van der Waals surface area contributed by atoms with E-state index >= 15 is 0 Å². The van der Waals surface area contributed by atoms with Crippen molar-refractivity contribution in [3.8, 4) is 16.9 Å². The zero-order chi connectivity index (χ0) is 10.8. The van der Waals surface area contributed by atoms with Crippen LogP contribution in [0.2, 0.25) is 0 Å². The number of hydrogen-bond acceptors (Lipinski definition) is 1. The third kappa shape index (κ3) is 1.84. The van der Waals surface area contributed by atoms with Crippen LogP contribution >= 0.6 is 0 Å². The molecule has 0 amide bonds. The Kier molecular flexibility index (Phi) is 2.42. The van der Waals surface area contributed by atoms with Crippen molar-refractivity contribution >= 4 is 0 Å². The fourth-order valence-electron chi connectivity index (χ4n) is 1.57. The summed E-state index contributed by atoms with van der Waals surface area (Å²) in [5, 5.41) is 9.08. The highest BCUT2D eigenvalue weighted by atomic mass is 19.1. The summed E-state index contributed by atoms with van der Waals surface area (Å²) in [4.78, 5) is 0.